The van der Waals surface area contributed by atoms with Crippen molar-refractivity contribution in [2.24, 2.45) is 0 Å². The average molecular weight is 300 g/mol. The number of halogens is 1. The fourth-order valence-electron chi connectivity index (χ4n) is 2.21. The predicted molar refractivity (Wildman–Crippen MR) is 75.3 cm³/mol. The Morgan fingerprint density at radius 2 is 2.35 bits per heavy atom. The highest BCUT2D eigenvalue weighted by molar-refractivity contribution is 6.30. The maximum absolute atomic E-state index is 12.6. The molecule has 1 amide bonds. The Balaban J connectivity index is 2.25. The number of methoxy groups -OCH3 is 1. The van der Waals surface area contributed by atoms with Gasteiger partial charge in [0, 0.05) is 11.6 Å². The summed E-state index contributed by atoms with van der Waals surface area (Å²) in [6.45, 7) is 2.58. The van der Waals surface area contributed by atoms with E-state index in [0.717, 1.165) is 0 Å². The molecule has 1 aromatic rings. The quantitative estimate of drug-likeness (QED) is 0.920. The van der Waals surface area contributed by atoms with Gasteiger partial charge in [0.2, 0.25) is 0 Å². The number of aliphatic hydroxyl groups is 1. The van der Waals surface area contributed by atoms with Crippen LogP contribution in [0, 0.1) is 0 Å². The Morgan fingerprint density at radius 3 is 3.00 bits per heavy atom. The summed E-state index contributed by atoms with van der Waals surface area (Å²) < 4.78 is 10.6. The Labute approximate surface area is 123 Å². The summed E-state index contributed by atoms with van der Waals surface area (Å²) in [5, 5.41) is 9.69. The van der Waals surface area contributed by atoms with Crippen LogP contribution in [0.3, 0.4) is 0 Å². The van der Waals surface area contributed by atoms with Crippen molar-refractivity contribution in [1.82, 2.24) is 4.90 Å². The molecule has 0 aliphatic carbocycles. The van der Waals surface area contributed by atoms with E-state index in [2.05, 4.69) is 0 Å². The highest BCUT2D eigenvalue weighted by atomic mass is 35.5. The first-order chi connectivity index (χ1) is 9.56. The molecule has 2 unspecified atom stereocenters. The van der Waals surface area contributed by atoms with Gasteiger partial charge < -0.3 is 19.5 Å². The van der Waals surface area contributed by atoms with Crippen molar-refractivity contribution in [3.05, 3.63) is 28.8 Å². The fraction of sp³-hybridized carbons (Fsp3) is 0.500. The van der Waals surface area contributed by atoms with Crippen molar-refractivity contribution in [3.63, 3.8) is 0 Å². The third-order valence-electron chi connectivity index (χ3n) is 3.36. The van der Waals surface area contributed by atoms with Crippen LogP contribution in [-0.4, -0.2) is 54.9 Å². The van der Waals surface area contributed by atoms with Gasteiger partial charge in [-0.3, -0.25) is 4.79 Å². The first kappa shape index (κ1) is 15.1. The Kier molecular flexibility index (Phi) is 4.86. The molecule has 1 fully saturated rings. The molecule has 20 heavy (non-hydrogen) atoms. The van der Waals surface area contributed by atoms with Crippen molar-refractivity contribution in [3.8, 4) is 5.75 Å². The molecule has 1 aromatic carbocycles. The van der Waals surface area contributed by atoms with Crippen molar-refractivity contribution in [2.75, 3.05) is 26.9 Å². The van der Waals surface area contributed by atoms with Crippen molar-refractivity contribution in [2.45, 2.75) is 19.1 Å². The second-order valence-corrected chi connectivity index (χ2v) is 5.23. The molecule has 0 radical (unpaired) electrons. The zero-order valence-corrected chi connectivity index (χ0v) is 12.3. The van der Waals surface area contributed by atoms with E-state index in [1.54, 1.807) is 23.1 Å². The molecule has 6 heteroatoms. The van der Waals surface area contributed by atoms with Crippen LogP contribution in [0.15, 0.2) is 18.2 Å². The molecular weight excluding hydrogens is 282 g/mol. The minimum atomic E-state index is -0.339. The molecular formula is C14H18ClNO4. The monoisotopic (exact) mass is 299 g/mol. The molecule has 0 bridgehead atoms. The number of morpholine rings is 1. The number of hydrogen-bond acceptors (Lipinski definition) is 4. The van der Waals surface area contributed by atoms with E-state index < -0.39 is 0 Å². The molecule has 110 valence electrons. The first-order valence-electron chi connectivity index (χ1n) is 6.43. The minimum absolute atomic E-state index is 0.0503. The maximum atomic E-state index is 12.6. The van der Waals surface area contributed by atoms with Gasteiger partial charge in [-0.25, -0.2) is 0 Å². The van der Waals surface area contributed by atoms with Crippen LogP contribution in [0.1, 0.15) is 17.3 Å². The van der Waals surface area contributed by atoms with Crippen LogP contribution in [-0.2, 0) is 4.74 Å². The molecule has 0 saturated carbocycles. The molecule has 1 aliphatic heterocycles. The predicted octanol–water partition coefficient (Wildman–Crippen LogP) is 1.57. The van der Waals surface area contributed by atoms with E-state index in [-0.39, 0.29) is 24.7 Å². The third kappa shape index (κ3) is 3.06. The van der Waals surface area contributed by atoms with E-state index in [0.29, 0.717) is 29.5 Å². The van der Waals surface area contributed by atoms with Crippen LogP contribution >= 0.6 is 11.6 Å². The number of aliphatic hydroxyl groups excluding tert-OH is 1. The second kappa shape index (κ2) is 6.43. The number of nitrogens with zero attached hydrogens (tertiary/aromatic N) is 1. The Bertz CT molecular complexity index is 494. The zero-order valence-electron chi connectivity index (χ0n) is 11.5. The lowest BCUT2D eigenvalue weighted by Crippen LogP contribution is -2.52. The summed E-state index contributed by atoms with van der Waals surface area (Å²) in [6, 6.07) is 4.88. The molecule has 1 aliphatic rings. The summed E-state index contributed by atoms with van der Waals surface area (Å²) in [5.74, 6) is 0.300. The zero-order chi connectivity index (χ0) is 14.7. The topological polar surface area (TPSA) is 59.0 Å². The van der Waals surface area contributed by atoms with Crippen molar-refractivity contribution in [1.29, 1.82) is 0 Å². The van der Waals surface area contributed by atoms with Crippen molar-refractivity contribution >= 4 is 17.5 Å². The number of hydrogen-bond donors (Lipinski definition) is 1. The summed E-state index contributed by atoms with van der Waals surface area (Å²) in [6.07, 6.45) is -0.339. The van der Waals surface area contributed by atoms with E-state index in [9.17, 15) is 9.90 Å². The molecule has 2 atom stereocenters. The standard InChI is InChI=1S/C14H18ClNO4/c1-9-8-20-11(7-17)6-16(9)14(18)12-4-3-10(15)5-13(12)19-2/h3-5,9,11,17H,6-8H2,1-2H3. The van der Waals surface area contributed by atoms with Gasteiger partial charge in [0.05, 0.1) is 38.0 Å². The minimum Gasteiger partial charge on any atom is -0.496 e. The van der Waals surface area contributed by atoms with E-state index in [1.165, 1.54) is 7.11 Å². The molecule has 1 saturated heterocycles. The molecule has 5 nitrogen and oxygen atoms in total. The second-order valence-electron chi connectivity index (χ2n) is 4.79. The van der Waals surface area contributed by atoms with E-state index in [1.807, 2.05) is 6.92 Å². The summed E-state index contributed by atoms with van der Waals surface area (Å²) in [7, 11) is 1.50. The molecule has 0 spiro atoms. The first-order valence-corrected chi connectivity index (χ1v) is 6.81. The Morgan fingerprint density at radius 1 is 1.60 bits per heavy atom. The smallest absolute Gasteiger partial charge is 0.258 e. The van der Waals surface area contributed by atoms with Crippen LogP contribution in [0.4, 0.5) is 0 Å². The van der Waals surface area contributed by atoms with Crippen LogP contribution < -0.4 is 4.74 Å². The number of ether oxygens (including phenoxy) is 2. The van der Waals surface area contributed by atoms with Gasteiger partial charge in [-0.1, -0.05) is 11.6 Å². The number of carbonyl (C=O) groups is 1. The molecule has 0 aromatic heterocycles. The largest absolute Gasteiger partial charge is 0.496 e. The van der Waals surface area contributed by atoms with Gasteiger partial charge >= 0.3 is 0 Å². The molecule has 2 rings (SSSR count). The maximum Gasteiger partial charge on any atom is 0.258 e. The summed E-state index contributed by atoms with van der Waals surface area (Å²) >= 11 is 5.90. The van der Waals surface area contributed by atoms with Crippen molar-refractivity contribution < 1.29 is 19.4 Å². The van der Waals surface area contributed by atoms with Gasteiger partial charge in [-0.2, -0.15) is 0 Å². The molecule has 1 N–H and O–H groups in total. The lowest BCUT2D eigenvalue weighted by molar-refractivity contribution is -0.0667. The highest BCUT2D eigenvalue weighted by Crippen LogP contribution is 2.26. The molecule has 1 heterocycles. The normalized spacial score (nSPS) is 22.7. The lowest BCUT2D eigenvalue weighted by Gasteiger charge is -2.37. The van der Waals surface area contributed by atoms with E-state index in [4.69, 9.17) is 21.1 Å². The number of rotatable bonds is 3. The SMILES string of the molecule is COc1cc(Cl)ccc1C(=O)N1CC(CO)OCC1C. The lowest BCUT2D eigenvalue weighted by atomic mass is 10.1. The van der Waals surface area contributed by atoms with Gasteiger partial charge in [0.15, 0.2) is 0 Å². The summed E-state index contributed by atoms with van der Waals surface area (Å²) in [4.78, 5) is 14.3. The number of carbonyl (C=O) groups excluding carboxylic acids is 1. The third-order valence-corrected chi connectivity index (χ3v) is 3.60. The van der Waals surface area contributed by atoms with Gasteiger partial charge in [0.1, 0.15) is 5.75 Å². The average Bonchev–Trinajstić information content (AvgIpc) is 2.47. The van der Waals surface area contributed by atoms with E-state index >= 15 is 0 Å². The van der Waals surface area contributed by atoms with Gasteiger partial charge in [-0.05, 0) is 25.1 Å². The van der Waals surface area contributed by atoms with Crippen LogP contribution in [0.5, 0.6) is 5.75 Å². The van der Waals surface area contributed by atoms with Crippen LogP contribution in [0.2, 0.25) is 5.02 Å². The van der Waals surface area contributed by atoms with Crippen LogP contribution in [0.25, 0.3) is 0 Å². The highest BCUT2D eigenvalue weighted by Gasteiger charge is 2.31. The summed E-state index contributed by atoms with van der Waals surface area (Å²) in [5.41, 5.74) is 0.460. The van der Waals surface area contributed by atoms with Gasteiger partial charge in [0.25, 0.3) is 5.91 Å². The number of benzene rings is 1. The Hall–Kier alpha value is -1.30. The number of amides is 1. The van der Waals surface area contributed by atoms with Gasteiger partial charge in [-0.15, -0.1) is 0 Å². The fourth-order valence-corrected chi connectivity index (χ4v) is 2.37.